The lowest BCUT2D eigenvalue weighted by molar-refractivity contribution is -0.140. The lowest BCUT2D eigenvalue weighted by Gasteiger charge is -2.17. The largest absolute Gasteiger partial charge is 0.480 e. The van der Waals surface area contributed by atoms with Gasteiger partial charge in [-0.25, -0.2) is 0 Å². The van der Waals surface area contributed by atoms with Crippen molar-refractivity contribution >= 4 is 5.97 Å². The first kappa shape index (κ1) is 15.1. The summed E-state index contributed by atoms with van der Waals surface area (Å²) in [4.78, 5) is 10.9. The molecular weight excluding hydrogens is 206 g/mol. The van der Waals surface area contributed by atoms with E-state index in [-0.39, 0.29) is 12.6 Å². The monoisotopic (exact) mass is 229 g/mol. The van der Waals surface area contributed by atoms with E-state index in [2.05, 4.69) is 12.2 Å². The van der Waals surface area contributed by atoms with Crippen molar-refractivity contribution in [3.63, 3.8) is 0 Å². The van der Waals surface area contributed by atoms with Crippen LogP contribution in [0.1, 0.15) is 39.5 Å². The minimum absolute atomic E-state index is 0.119. The highest BCUT2D eigenvalue weighted by molar-refractivity contribution is 5.74. The Balaban J connectivity index is 3.98. The van der Waals surface area contributed by atoms with Crippen LogP contribution in [0.3, 0.4) is 0 Å². The summed E-state index contributed by atoms with van der Waals surface area (Å²) in [5.74, 6) is -1.05. The van der Waals surface area contributed by atoms with Crippen molar-refractivity contribution in [3.05, 3.63) is 12.2 Å². The van der Waals surface area contributed by atoms with Gasteiger partial charge in [-0.2, -0.15) is 0 Å². The average Bonchev–Trinajstić information content (AvgIpc) is 2.24. The van der Waals surface area contributed by atoms with Gasteiger partial charge in [-0.3, -0.25) is 10.1 Å². The van der Waals surface area contributed by atoms with E-state index in [1.54, 1.807) is 0 Å². The number of nitrogens with one attached hydrogen (secondary N) is 1. The zero-order valence-corrected chi connectivity index (χ0v) is 10.1. The van der Waals surface area contributed by atoms with E-state index in [0.717, 1.165) is 12.8 Å². The van der Waals surface area contributed by atoms with E-state index < -0.39 is 12.0 Å². The number of carbonyl (C=O) groups is 1. The van der Waals surface area contributed by atoms with Crippen molar-refractivity contribution in [2.45, 2.75) is 45.6 Å². The van der Waals surface area contributed by atoms with Crippen LogP contribution in [0.5, 0.6) is 0 Å². The van der Waals surface area contributed by atoms with E-state index >= 15 is 0 Å². The van der Waals surface area contributed by atoms with Crippen molar-refractivity contribution in [1.29, 1.82) is 0 Å². The van der Waals surface area contributed by atoms with E-state index in [1.807, 2.05) is 19.1 Å². The summed E-state index contributed by atoms with van der Waals surface area (Å²) in [6.07, 6.45) is 8.45. The number of aliphatic carboxylic acids is 1. The molecular formula is C12H23NO3. The van der Waals surface area contributed by atoms with E-state index in [0.29, 0.717) is 0 Å². The first-order valence-corrected chi connectivity index (χ1v) is 5.87. The molecule has 0 fully saturated rings. The van der Waals surface area contributed by atoms with Crippen LogP contribution in [0.15, 0.2) is 12.2 Å². The smallest absolute Gasteiger partial charge is 0.321 e. The number of unbranched alkanes of at least 4 members (excludes halogenated alkanes) is 3. The van der Waals surface area contributed by atoms with Crippen molar-refractivity contribution in [1.82, 2.24) is 5.32 Å². The Bertz CT molecular complexity index is 216. The Morgan fingerprint density at radius 2 is 2.12 bits per heavy atom. The Morgan fingerprint density at radius 3 is 2.62 bits per heavy atom. The molecule has 2 unspecified atom stereocenters. The molecule has 0 spiro atoms. The highest BCUT2D eigenvalue weighted by atomic mass is 16.4. The Morgan fingerprint density at radius 1 is 1.44 bits per heavy atom. The van der Waals surface area contributed by atoms with Crippen LogP contribution in [-0.4, -0.2) is 29.0 Å². The highest BCUT2D eigenvalue weighted by Gasteiger charge is 2.21. The van der Waals surface area contributed by atoms with Crippen LogP contribution in [0.25, 0.3) is 0 Å². The van der Waals surface area contributed by atoms with Crippen molar-refractivity contribution < 1.29 is 15.0 Å². The van der Waals surface area contributed by atoms with Gasteiger partial charge in [-0.15, -0.1) is 0 Å². The molecule has 0 aromatic heterocycles. The van der Waals surface area contributed by atoms with Crippen molar-refractivity contribution in [2.24, 2.45) is 5.92 Å². The third-order valence-corrected chi connectivity index (χ3v) is 2.52. The molecule has 0 aromatic rings. The summed E-state index contributed by atoms with van der Waals surface area (Å²) in [5.41, 5.74) is 0. The Hall–Kier alpha value is -0.870. The molecule has 0 bridgehead atoms. The fraction of sp³-hybridized carbons (Fsp3) is 0.750. The maximum absolute atomic E-state index is 10.9. The lowest BCUT2D eigenvalue weighted by atomic mass is 10.0. The molecule has 3 N–H and O–H groups in total. The summed E-state index contributed by atoms with van der Waals surface area (Å²) >= 11 is 0. The maximum Gasteiger partial charge on any atom is 0.321 e. The number of hydrogen-bond donors (Lipinski definition) is 3. The molecule has 16 heavy (non-hydrogen) atoms. The second-order valence-electron chi connectivity index (χ2n) is 3.96. The molecule has 0 heterocycles. The fourth-order valence-electron chi connectivity index (χ4n) is 1.53. The summed E-state index contributed by atoms with van der Waals surface area (Å²) in [5, 5.41) is 20.1. The molecule has 2 atom stereocenters. The van der Waals surface area contributed by atoms with Gasteiger partial charge in [-0.1, -0.05) is 38.8 Å². The Kier molecular flexibility index (Phi) is 8.85. The molecule has 4 nitrogen and oxygen atoms in total. The molecule has 0 radical (unpaired) electrons. The van der Waals surface area contributed by atoms with Crippen LogP contribution in [0.2, 0.25) is 0 Å². The summed E-state index contributed by atoms with van der Waals surface area (Å²) in [6.45, 7) is 3.67. The minimum atomic E-state index is -0.931. The van der Waals surface area contributed by atoms with Gasteiger partial charge in [0.15, 0.2) is 0 Å². The van der Waals surface area contributed by atoms with Gasteiger partial charge in [-0.05, 0) is 12.8 Å². The molecule has 0 aliphatic heterocycles. The lowest BCUT2D eigenvalue weighted by Crippen LogP contribution is -2.41. The van der Waals surface area contributed by atoms with Crippen LogP contribution in [0, 0.1) is 5.92 Å². The van der Waals surface area contributed by atoms with E-state index in [9.17, 15) is 4.79 Å². The van der Waals surface area contributed by atoms with Gasteiger partial charge in [0.05, 0.1) is 6.73 Å². The second kappa shape index (κ2) is 9.36. The number of aliphatic hydroxyl groups is 1. The first-order chi connectivity index (χ1) is 7.63. The predicted molar refractivity (Wildman–Crippen MR) is 64.1 cm³/mol. The standard InChI is InChI=1S/C12H23NO3/c1-3-4-5-6-7-8-10(2)11(12(15)16)13-9-14/h7-8,10-11,13-14H,3-6,9H2,1-2H3,(H,15,16)/b8-7-. The predicted octanol–water partition coefficient (Wildman–Crippen LogP) is 1.75. The van der Waals surface area contributed by atoms with Crippen molar-refractivity contribution in [3.8, 4) is 0 Å². The SMILES string of the molecule is CCCCC/C=C\C(C)C(NCO)C(=O)O. The van der Waals surface area contributed by atoms with E-state index in [1.165, 1.54) is 12.8 Å². The topological polar surface area (TPSA) is 69.6 Å². The van der Waals surface area contributed by atoms with Crippen molar-refractivity contribution in [2.75, 3.05) is 6.73 Å². The van der Waals surface area contributed by atoms with Gasteiger partial charge in [0.25, 0.3) is 0 Å². The summed E-state index contributed by atoms with van der Waals surface area (Å²) in [6, 6.07) is -0.715. The first-order valence-electron chi connectivity index (χ1n) is 5.87. The van der Waals surface area contributed by atoms with Crippen LogP contribution in [-0.2, 0) is 4.79 Å². The van der Waals surface area contributed by atoms with Gasteiger partial charge in [0.2, 0.25) is 0 Å². The molecule has 0 aromatic carbocycles. The molecule has 0 aliphatic rings. The van der Waals surface area contributed by atoms with Gasteiger partial charge >= 0.3 is 5.97 Å². The summed E-state index contributed by atoms with van der Waals surface area (Å²) < 4.78 is 0. The fourth-order valence-corrected chi connectivity index (χ4v) is 1.53. The molecule has 0 saturated heterocycles. The van der Waals surface area contributed by atoms with Crippen LogP contribution < -0.4 is 5.32 Å². The normalized spacial score (nSPS) is 15.2. The van der Waals surface area contributed by atoms with Gasteiger partial charge < -0.3 is 10.2 Å². The molecule has 0 saturated carbocycles. The van der Waals surface area contributed by atoms with Gasteiger partial charge in [0.1, 0.15) is 6.04 Å². The number of allylic oxidation sites excluding steroid dienone is 1. The maximum atomic E-state index is 10.9. The third-order valence-electron chi connectivity index (χ3n) is 2.52. The molecule has 4 heteroatoms. The molecule has 94 valence electrons. The van der Waals surface area contributed by atoms with Crippen LogP contribution >= 0.6 is 0 Å². The average molecular weight is 229 g/mol. The number of hydrogen-bond acceptors (Lipinski definition) is 3. The van der Waals surface area contributed by atoms with Crippen LogP contribution in [0.4, 0.5) is 0 Å². The van der Waals surface area contributed by atoms with Gasteiger partial charge in [0, 0.05) is 5.92 Å². The quantitative estimate of drug-likeness (QED) is 0.320. The zero-order valence-electron chi connectivity index (χ0n) is 10.1. The number of aliphatic hydroxyl groups excluding tert-OH is 1. The third kappa shape index (κ3) is 6.58. The molecule has 0 amide bonds. The number of carboxylic acids is 1. The minimum Gasteiger partial charge on any atom is -0.480 e. The van der Waals surface area contributed by atoms with E-state index in [4.69, 9.17) is 10.2 Å². The Labute approximate surface area is 97.4 Å². The molecule has 0 aliphatic carbocycles. The number of rotatable bonds is 9. The zero-order chi connectivity index (χ0) is 12.4. The highest BCUT2D eigenvalue weighted by Crippen LogP contribution is 2.07. The molecule has 0 rings (SSSR count). The summed E-state index contributed by atoms with van der Waals surface area (Å²) in [7, 11) is 0. The number of carboxylic acid groups (broad SMARTS) is 1. The second-order valence-corrected chi connectivity index (χ2v) is 3.96.